The number of hydrogen-bond acceptors (Lipinski definition) is 2. The highest BCUT2D eigenvalue weighted by atomic mass is 127. The normalized spacial score (nSPS) is 16.7. The molecule has 1 fully saturated rings. The van der Waals surface area contributed by atoms with Crippen molar-refractivity contribution in [3.05, 3.63) is 27.8 Å². The van der Waals surface area contributed by atoms with E-state index in [-0.39, 0.29) is 0 Å². The predicted octanol–water partition coefficient (Wildman–Crippen LogP) is 3.51. The maximum Gasteiger partial charge on any atom is 0.193 e. The molecule has 0 saturated carbocycles. The Hall–Kier alpha value is -0.980. The average Bonchev–Trinajstić information content (AvgIpc) is 2.54. The number of rotatable bonds is 5. The molecule has 122 valence electrons. The number of aliphatic imine (C=N–C) groups is 1. The molecule has 0 unspecified atom stereocenters. The Balaban J connectivity index is 1.88. The molecule has 5 heteroatoms. The van der Waals surface area contributed by atoms with E-state index >= 15 is 0 Å². The number of halogens is 1. The SMILES string of the molecule is CCCN=C(NCC)N1CCC(Oc2ccccc2I)CC1. The summed E-state index contributed by atoms with van der Waals surface area (Å²) in [5, 5.41) is 3.39. The van der Waals surface area contributed by atoms with E-state index in [1.54, 1.807) is 0 Å². The first-order valence-corrected chi connectivity index (χ1v) is 9.27. The summed E-state index contributed by atoms with van der Waals surface area (Å²) >= 11 is 2.33. The highest BCUT2D eigenvalue weighted by Gasteiger charge is 2.23. The topological polar surface area (TPSA) is 36.9 Å². The van der Waals surface area contributed by atoms with Crippen LogP contribution in [-0.4, -0.2) is 43.1 Å². The van der Waals surface area contributed by atoms with Gasteiger partial charge in [0.25, 0.3) is 0 Å². The van der Waals surface area contributed by atoms with Gasteiger partial charge in [-0.25, -0.2) is 0 Å². The molecule has 2 rings (SSSR count). The number of benzene rings is 1. The third-order valence-corrected chi connectivity index (χ3v) is 4.58. The number of ether oxygens (including phenoxy) is 1. The van der Waals surface area contributed by atoms with Crippen molar-refractivity contribution < 1.29 is 4.74 Å². The largest absolute Gasteiger partial charge is 0.489 e. The molecule has 1 heterocycles. The lowest BCUT2D eigenvalue weighted by molar-refractivity contribution is 0.128. The van der Waals surface area contributed by atoms with Crippen LogP contribution in [0.25, 0.3) is 0 Å². The number of nitrogens with one attached hydrogen (secondary N) is 1. The highest BCUT2D eigenvalue weighted by molar-refractivity contribution is 14.1. The lowest BCUT2D eigenvalue weighted by atomic mass is 10.1. The predicted molar refractivity (Wildman–Crippen MR) is 101 cm³/mol. The Morgan fingerprint density at radius 1 is 1.32 bits per heavy atom. The van der Waals surface area contributed by atoms with E-state index in [1.807, 2.05) is 12.1 Å². The van der Waals surface area contributed by atoms with Gasteiger partial charge >= 0.3 is 0 Å². The fourth-order valence-electron chi connectivity index (χ4n) is 2.55. The van der Waals surface area contributed by atoms with Crippen LogP contribution in [0.1, 0.15) is 33.1 Å². The molecule has 0 aliphatic carbocycles. The second-order valence-electron chi connectivity index (χ2n) is 5.47. The number of guanidine groups is 1. The van der Waals surface area contributed by atoms with Gasteiger partial charge in [-0.15, -0.1) is 0 Å². The van der Waals surface area contributed by atoms with Gasteiger partial charge in [0, 0.05) is 39.0 Å². The second kappa shape index (κ2) is 9.22. The van der Waals surface area contributed by atoms with Crippen LogP contribution in [0.2, 0.25) is 0 Å². The van der Waals surface area contributed by atoms with Crippen LogP contribution < -0.4 is 10.1 Å². The van der Waals surface area contributed by atoms with Crippen molar-refractivity contribution in [2.75, 3.05) is 26.2 Å². The van der Waals surface area contributed by atoms with Crippen LogP contribution in [-0.2, 0) is 0 Å². The highest BCUT2D eigenvalue weighted by Crippen LogP contribution is 2.24. The molecule has 0 atom stereocenters. The molecule has 0 spiro atoms. The third kappa shape index (κ3) is 5.04. The van der Waals surface area contributed by atoms with Crippen LogP contribution >= 0.6 is 22.6 Å². The zero-order valence-corrected chi connectivity index (χ0v) is 15.7. The van der Waals surface area contributed by atoms with Crippen molar-refractivity contribution in [2.24, 2.45) is 4.99 Å². The molecule has 1 aliphatic heterocycles. The summed E-state index contributed by atoms with van der Waals surface area (Å²) in [5.41, 5.74) is 0. The van der Waals surface area contributed by atoms with Crippen molar-refractivity contribution in [3.8, 4) is 5.75 Å². The molecular formula is C17H26IN3O. The van der Waals surface area contributed by atoms with E-state index in [1.165, 1.54) is 3.57 Å². The van der Waals surface area contributed by atoms with Gasteiger partial charge in [-0.05, 0) is 48.1 Å². The van der Waals surface area contributed by atoms with Crippen LogP contribution in [0.5, 0.6) is 5.75 Å². The summed E-state index contributed by atoms with van der Waals surface area (Å²) in [4.78, 5) is 7.02. The molecule has 1 aromatic rings. The van der Waals surface area contributed by atoms with Crippen molar-refractivity contribution >= 4 is 28.6 Å². The van der Waals surface area contributed by atoms with E-state index in [0.717, 1.165) is 57.2 Å². The Bertz CT molecular complexity index is 485. The Morgan fingerprint density at radius 2 is 2.05 bits per heavy atom. The fourth-order valence-corrected chi connectivity index (χ4v) is 3.06. The Kier molecular flexibility index (Phi) is 7.29. The van der Waals surface area contributed by atoms with E-state index < -0.39 is 0 Å². The Labute approximate surface area is 147 Å². The van der Waals surface area contributed by atoms with Crippen molar-refractivity contribution in [1.82, 2.24) is 10.2 Å². The number of likely N-dealkylation sites (tertiary alicyclic amines) is 1. The number of para-hydroxylation sites is 1. The number of nitrogens with zero attached hydrogens (tertiary/aromatic N) is 2. The molecule has 0 bridgehead atoms. The van der Waals surface area contributed by atoms with Gasteiger partial charge in [0.1, 0.15) is 11.9 Å². The summed E-state index contributed by atoms with van der Waals surface area (Å²) in [5.74, 6) is 2.06. The van der Waals surface area contributed by atoms with Gasteiger partial charge in [0.2, 0.25) is 0 Å². The standard InChI is InChI=1S/C17H26IN3O/c1-3-11-20-17(19-4-2)21-12-9-14(10-13-21)22-16-8-6-5-7-15(16)18/h5-8,14H,3-4,9-13H2,1-2H3,(H,19,20). The molecule has 1 saturated heterocycles. The molecule has 1 aliphatic rings. The number of piperidine rings is 1. The van der Waals surface area contributed by atoms with Crippen LogP contribution in [0.15, 0.2) is 29.3 Å². The van der Waals surface area contributed by atoms with E-state index in [4.69, 9.17) is 4.74 Å². The van der Waals surface area contributed by atoms with Crippen LogP contribution in [0, 0.1) is 3.57 Å². The minimum Gasteiger partial charge on any atom is -0.489 e. The summed E-state index contributed by atoms with van der Waals surface area (Å²) in [6, 6.07) is 8.23. The van der Waals surface area contributed by atoms with Gasteiger partial charge in [0.15, 0.2) is 5.96 Å². The molecule has 1 N–H and O–H groups in total. The van der Waals surface area contributed by atoms with Crippen molar-refractivity contribution in [1.29, 1.82) is 0 Å². The molecular weight excluding hydrogens is 389 g/mol. The molecule has 0 amide bonds. The fraction of sp³-hybridized carbons (Fsp3) is 0.588. The summed E-state index contributed by atoms with van der Waals surface area (Å²) < 4.78 is 7.34. The zero-order chi connectivity index (χ0) is 15.8. The van der Waals surface area contributed by atoms with Gasteiger partial charge in [0.05, 0.1) is 3.57 Å². The third-order valence-electron chi connectivity index (χ3n) is 3.69. The van der Waals surface area contributed by atoms with E-state index in [9.17, 15) is 0 Å². The van der Waals surface area contributed by atoms with Gasteiger partial charge in [-0.3, -0.25) is 4.99 Å². The Morgan fingerprint density at radius 3 is 2.68 bits per heavy atom. The smallest absolute Gasteiger partial charge is 0.193 e. The quantitative estimate of drug-likeness (QED) is 0.455. The average molecular weight is 415 g/mol. The molecule has 0 radical (unpaired) electrons. The lowest BCUT2D eigenvalue weighted by Crippen LogP contribution is -2.47. The van der Waals surface area contributed by atoms with E-state index in [0.29, 0.717) is 6.10 Å². The van der Waals surface area contributed by atoms with E-state index in [2.05, 4.69) is 63.8 Å². The zero-order valence-electron chi connectivity index (χ0n) is 13.5. The molecule has 1 aromatic carbocycles. The van der Waals surface area contributed by atoms with Crippen molar-refractivity contribution in [2.45, 2.75) is 39.2 Å². The lowest BCUT2D eigenvalue weighted by Gasteiger charge is -2.34. The van der Waals surface area contributed by atoms with Gasteiger partial charge < -0.3 is 15.0 Å². The number of hydrogen-bond donors (Lipinski definition) is 1. The first kappa shape index (κ1) is 17.4. The molecule has 4 nitrogen and oxygen atoms in total. The minimum atomic E-state index is 0.307. The van der Waals surface area contributed by atoms with Gasteiger partial charge in [-0.2, -0.15) is 0 Å². The van der Waals surface area contributed by atoms with Crippen LogP contribution in [0.3, 0.4) is 0 Å². The summed E-state index contributed by atoms with van der Waals surface area (Å²) in [6.45, 7) is 8.10. The van der Waals surface area contributed by atoms with Gasteiger partial charge in [-0.1, -0.05) is 19.1 Å². The van der Waals surface area contributed by atoms with Crippen molar-refractivity contribution in [3.63, 3.8) is 0 Å². The first-order valence-electron chi connectivity index (χ1n) is 8.19. The monoisotopic (exact) mass is 415 g/mol. The summed E-state index contributed by atoms with van der Waals surface area (Å²) in [7, 11) is 0. The first-order chi connectivity index (χ1) is 10.7. The summed E-state index contributed by atoms with van der Waals surface area (Å²) in [6.07, 6.45) is 3.48. The molecule has 0 aromatic heterocycles. The van der Waals surface area contributed by atoms with Crippen LogP contribution in [0.4, 0.5) is 0 Å². The minimum absolute atomic E-state index is 0.307. The molecule has 22 heavy (non-hydrogen) atoms. The maximum atomic E-state index is 6.16. The second-order valence-corrected chi connectivity index (χ2v) is 6.63. The maximum absolute atomic E-state index is 6.16.